The van der Waals surface area contributed by atoms with Crippen LogP contribution in [0.15, 0.2) is 12.0 Å². The third kappa shape index (κ3) is 1.37. The molecular formula is C7H12O2. The zero-order chi connectivity index (χ0) is 6.85. The molecule has 0 radical (unpaired) electrons. The van der Waals surface area contributed by atoms with Crippen LogP contribution in [0, 0.1) is 5.92 Å². The van der Waals surface area contributed by atoms with E-state index in [0.717, 1.165) is 5.76 Å². The summed E-state index contributed by atoms with van der Waals surface area (Å²) in [4.78, 5) is 0. The van der Waals surface area contributed by atoms with Gasteiger partial charge in [-0.05, 0) is 6.92 Å². The van der Waals surface area contributed by atoms with Crippen molar-refractivity contribution in [3.05, 3.63) is 12.0 Å². The third-order valence-electron chi connectivity index (χ3n) is 1.21. The first-order chi connectivity index (χ1) is 4.20. The Hall–Kier alpha value is -0.660. The Balaban J connectivity index is 2.37. The van der Waals surface area contributed by atoms with Crippen LogP contribution in [0.2, 0.25) is 0 Å². The fraction of sp³-hybridized carbons (Fsp3) is 0.714. The Labute approximate surface area is 55.5 Å². The molecule has 0 aromatic carbocycles. The van der Waals surface area contributed by atoms with Crippen molar-refractivity contribution in [3.63, 3.8) is 0 Å². The van der Waals surface area contributed by atoms with Crippen molar-refractivity contribution in [2.75, 3.05) is 0 Å². The Bertz CT molecular complexity index is 127. The lowest BCUT2D eigenvalue weighted by molar-refractivity contribution is -0.0634. The first-order valence-corrected chi connectivity index (χ1v) is 3.19. The maximum atomic E-state index is 5.26. The average molecular weight is 128 g/mol. The molecule has 1 aliphatic rings. The standard InChI is InChI=1S/C7H12O2/c1-5(2)7-8-4-6(3)9-7/h4-5,7H,1-3H3. The van der Waals surface area contributed by atoms with E-state index in [0.29, 0.717) is 5.92 Å². The second-order valence-electron chi connectivity index (χ2n) is 2.59. The Morgan fingerprint density at radius 2 is 2.22 bits per heavy atom. The largest absolute Gasteiger partial charge is 0.459 e. The summed E-state index contributed by atoms with van der Waals surface area (Å²) < 4.78 is 10.4. The molecule has 1 rings (SSSR count). The van der Waals surface area contributed by atoms with E-state index in [1.165, 1.54) is 0 Å². The molecule has 2 nitrogen and oxygen atoms in total. The maximum absolute atomic E-state index is 5.26. The van der Waals surface area contributed by atoms with Gasteiger partial charge in [0.05, 0.1) is 0 Å². The number of allylic oxidation sites excluding steroid dienone is 1. The summed E-state index contributed by atoms with van der Waals surface area (Å²) in [5.41, 5.74) is 0. The van der Waals surface area contributed by atoms with Crippen LogP contribution in [-0.2, 0) is 9.47 Å². The van der Waals surface area contributed by atoms with Crippen molar-refractivity contribution in [3.8, 4) is 0 Å². The van der Waals surface area contributed by atoms with E-state index >= 15 is 0 Å². The molecule has 0 bridgehead atoms. The van der Waals surface area contributed by atoms with Gasteiger partial charge in [-0.25, -0.2) is 0 Å². The lowest BCUT2D eigenvalue weighted by Crippen LogP contribution is -2.15. The number of hydrogen-bond acceptors (Lipinski definition) is 2. The zero-order valence-corrected chi connectivity index (χ0v) is 6.05. The van der Waals surface area contributed by atoms with E-state index in [2.05, 4.69) is 13.8 Å². The average Bonchev–Trinajstić information content (AvgIpc) is 2.14. The normalized spacial score (nSPS) is 25.3. The number of ether oxygens (including phenoxy) is 2. The summed E-state index contributed by atoms with van der Waals surface area (Å²) in [6, 6.07) is 0. The predicted molar refractivity (Wildman–Crippen MR) is 34.6 cm³/mol. The topological polar surface area (TPSA) is 18.5 Å². The molecular weight excluding hydrogens is 116 g/mol. The van der Waals surface area contributed by atoms with Gasteiger partial charge >= 0.3 is 0 Å². The van der Waals surface area contributed by atoms with Crippen LogP contribution >= 0.6 is 0 Å². The van der Waals surface area contributed by atoms with Crippen molar-refractivity contribution >= 4 is 0 Å². The second kappa shape index (κ2) is 2.29. The summed E-state index contributed by atoms with van der Waals surface area (Å²) in [5.74, 6) is 1.30. The van der Waals surface area contributed by atoms with E-state index in [1.54, 1.807) is 6.26 Å². The van der Waals surface area contributed by atoms with E-state index in [4.69, 9.17) is 9.47 Å². The first kappa shape index (κ1) is 6.46. The summed E-state index contributed by atoms with van der Waals surface area (Å²) in [5, 5.41) is 0. The molecule has 52 valence electrons. The predicted octanol–water partition coefficient (Wildman–Crippen LogP) is 1.88. The highest BCUT2D eigenvalue weighted by Gasteiger charge is 2.19. The molecule has 1 aliphatic heterocycles. The van der Waals surface area contributed by atoms with Crippen LogP contribution in [0.5, 0.6) is 0 Å². The van der Waals surface area contributed by atoms with Crippen LogP contribution in [0.3, 0.4) is 0 Å². The van der Waals surface area contributed by atoms with Crippen molar-refractivity contribution in [1.29, 1.82) is 0 Å². The SMILES string of the molecule is CC1=COC(C(C)C)O1. The van der Waals surface area contributed by atoms with Crippen LogP contribution in [0.1, 0.15) is 20.8 Å². The van der Waals surface area contributed by atoms with Crippen molar-refractivity contribution in [2.24, 2.45) is 5.92 Å². The first-order valence-electron chi connectivity index (χ1n) is 3.19. The molecule has 0 aromatic heterocycles. The van der Waals surface area contributed by atoms with Gasteiger partial charge in [0.1, 0.15) is 12.0 Å². The quantitative estimate of drug-likeness (QED) is 0.536. The number of hydrogen-bond donors (Lipinski definition) is 0. The molecule has 0 amide bonds. The van der Waals surface area contributed by atoms with Crippen LogP contribution < -0.4 is 0 Å². The fourth-order valence-electron chi connectivity index (χ4n) is 0.695. The van der Waals surface area contributed by atoms with Gasteiger partial charge in [-0.3, -0.25) is 0 Å². The smallest absolute Gasteiger partial charge is 0.242 e. The van der Waals surface area contributed by atoms with E-state index in [-0.39, 0.29) is 6.29 Å². The molecule has 9 heavy (non-hydrogen) atoms. The molecule has 0 N–H and O–H groups in total. The second-order valence-corrected chi connectivity index (χ2v) is 2.59. The highest BCUT2D eigenvalue weighted by molar-refractivity contribution is 4.87. The molecule has 2 heteroatoms. The highest BCUT2D eigenvalue weighted by atomic mass is 16.7. The molecule has 1 atom stereocenters. The lowest BCUT2D eigenvalue weighted by atomic mass is 10.2. The van der Waals surface area contributed by atoms with E-state index in [1.807, 2.05) is 6.92 Å². The van der Waals surface area contributed by atoms with Crippen LogP contribution in [0.4, 0.5) is 0 Å². The monoisotopic (exact) mass is 128 g/mol. The summed E-state index contributed by atoms with van der Waals surface area (Å²) >= 11 is 0. The molecule has 1 heterocycles. The fourth-order valence-corrected chi connectivity index (χ4v) is 0.695. The van der Waals surface area contributed by atoms with Crippen molar-refractivity contribution in [1.82, 2.24) is 0 Å². The zero-order valence-electron chi connectivity index (χ0n) is 6.05. The van der Waals surface area contributed by atoms with Crippen LogP contribution in [-0.4, -0.2) is 6.29 Å². The Morgan fingerprint density at radius 1 is 1.56 bits per heavy atom. The van der Waals surface area contributed by atoms with Crippen molar-refractivity contribution in [2.45, 2.75) is 27.1 Å². The van der Waals surface area contributed by atoms with Crippen LogP contribution in [0.25, 0.3) is 0 Å². The van der Waals surface area contributed by atoms with Gasteiger partial charge in [0, 0.05) is 5.92 Å². The molecule has 0 aromatic rings. The lowest BCUT2D eigenvalue weighted by Gasteiger charge is -2.13. The Kier molecular flexibility index (Phi) is 1.65. The van der Waals surface area contributed by atoms with Gasteiger partial charge in [0.15, 0.2) is 0 Å². The molecule has 0 spiro atoms. The molecule has 0 saturated heterocycles. The van der Waals surface area contributed by atoms with Gasteiger partial charge in [-0.15, -0.1) is 0 Å². The summed E-state index contributed by atoms with van der Waals surface area (Å²) in [6.07, 6.45) is 1.61. The molecule has 0 fully saturated rings. The van der Waals surface area contributed by atoms with Gasteiger partial charge in [-0.2, -0.15) is 0 Å². The summed E-state index contributed by atoms with van der Waals surface area (Å²) in [7, 11) is 0. The number of rotatable bonds is 1. The molecule has 0 saturated carbocycles. The molecule has 0 aliphatic carbocycles. The maximum Gasteiger partial charge on any atom is 0.242 e. The minimum Gasteiger partial charge on any atom is -0.459 e. The minimum atomic E-state index is -0.0509. The Morgan fingerprint density at radius 3 is 2.44 bits per heavy atom. The van der Waals surface area contributed by atoms with Gasteiger partial charge < -0.3 is 9.47 Å². The van der Waals surface area contributed by atoms with Crippen molar-refractivity contribution < 1.29 is 9.47 Å². The van der Waals surface area contributed by atoms with Gasteiger partial charge in [-0.1, -0.05) is 13.8 Å². The van der Waals surface area contributed by atoms with E-state index in [9.17, 15) is 0 Å². The third-order valence-corrected chi connectivity index (χ3v) is 1.21. The minimum absolute atomic E-state index is 0.0509. The van der Waals surface area contributed by atoms with Gasteiger partial charge in [0.2, 0.25) is 6.29 Å². The highest BCUT2D eigenvalue weighted by Crippen LogP contribution is 2.19. The summed E-state index contributed by atoms with van der Waals surface area (Å²) in [6.45, 7) is 6.02. The van der Waals surface area contributed by atoms with Gasteiger partial charge in [0.25, 0.3) is 0 Å². The molecule has 1 unspecified atom stereocenters. The van der Waals surface area contributed by atoms with E-state index < -0.39 is 0 Å².